The van der Waals surface area contributed by atoms with Crippen LogP contribution in [-0.4, -0.2) is 65.5 Å². The quantitative estimate of drug-likeness (QED) is 0.773. The van der Waals surface area contributed by atoms with Crippen molar-refractivity contribution >= 4 is 17.9 Å². The van der Waals surface area contributed by atoms with Crippen LogP contribution in [0.4, 0.5) is 4.79 Å². The van der Waals surface area contributed by atoms with Gasteiger partial charge in [-0.05, 0) is 6.92 Å². The molecule has 2 unspecified atom stereocenters. The highest BCUT2D eigenvalue weighted by atomic mass is 16.4. The van der Waals surface area contributed by atoms with E-state index in [0.29, 0.717) is 32.7 Å². The van der Waals surface area contributed by atoms with E-state index in [2.05, 4.69) is 5.32 Å². The fraction of sp³-hybridized carbons (Fsp3) is 0.769. The van der Waals surface area contributed by atoms with E-state index in [1.165, 1.54) is 6.92 Å². The van der Waals surface area contributed by atoms with Gasteiger partial charge in [0.05, 0.1) is 5.92 Å². The van der Waals surface area contributed by atoms with Crippen molar-refractivity contribution in [3.05, 3.63) is 0 Å². The smallest absolute Gasteiger partial charge is 0.317 e. The van der Waals surface area contributed by atoms with Crippen LogP contribution in [0.1, 0.15) is 20.8 Å². The van der Waals surface area contributed by atoms with Gasteiger partial charge in [0.25, 0.3) is 0 Å². The average molecular weight is 285 g/mol. The van der Waals surface area contributed by atoms with E-state index in [4.69, 9.17) is 5.11 Å². The molecular weight excluding hydrogens is 262 g/mol. The first-order chi connectivity index (χ1) is 9.38. The fourth-order valence-electron chi connectivity index (χ4n) is 2.11. The maximum Gasteiger partial charge on any atom is 0.317 e. The van der Waals surface area contributed by atoms with Crippen LogP contribution >= 0.6 is 0 Å². The van der Waals surface area contributed by atoms with E-state index in [0.717, 1.165) is 0 Å². The van der Waals surface area contributed by atoms with Crippen LogP contribution in [0.5, 0.6) is 0 Å². The van der Waals surface area contributed by atoms with Crippen molar-refractivity contribution in [2.45, 2.75) is 20.8 Å². The second-order valence-electron chi connectivity index (χ2n) is 5.06. The third kappa shape index (κ3) is 3.85. The summed E-state index contributed by atoms with van der Waals surface area (Å²) in [6.07, 6.45) is 0. The van der Waals surface area contributed by atoms with E-state index in [1.54, 1.807) is 16.7 Å². The molecule has 1 saturated heterocycles. The van der Waals surface area contributed by atoms with Crippen LogP contribution in [0.15, 0.2) is 0 Å². The monoisotopic (exact) mass is 285 g/mol. The van der Waals surface area contributed by atoms with Crippen molar-refractivity contribution < 1.29 is 19.5 Å². The molecule has 2 N–H and O–H groups in total. The van der Waals surface area contributed by atoms with Gasteiger partial charge in [0.1, 0.15) is 0 Å². The minimum Gasteiger partial charge on any atom is -0.481 e. The Morgan fingerprint density at radius 2 is 1.55 bits per heavy atom. The van der Waals surface area contributed by atoms with Crippen LogP contribution in [0.25, 0.3) is 0 Å². The molecule has 0 aromatic carbocycles. The summed E-state index contributed by atoms with van der Waals surface area (Å²) in [5.41, 5.74) is 0. The highest BCUT2D eigenvalue weighted by Crippen LogP contribution is 2.16. The molecule has 1 heterocycles. The summed E-state index contributed by atoms with van der Waals surface area (Å²) in [5, 5.41) is 11.7. The van der Waals surface area contributed by atoms with Crippen molar-refractivity contribution in [3.63, 3.8) is 0 Å². The highest BCUT2D eigenvalue weighted by molar-refractivity contribution is 5.84. The van der Waals surface area contributed by atoms with Crippen LogP contribution < -0.4 is 5.32 Å². The van der Waals surface area contributed by atoms with Gasteiger partial charge in [0.2, 0.25) is 5.91 Å². The number of carbonyl (C=O) groups excluding carboxylic acids is 2. The van der Waals surface area contributed by atoms with Crippen LogP contribution in [-0.2, 0) is 9.59 Å². The lowest BCUT2D eigenvalue weighted by atomic mass is 9.94. The second kappa shape index (κ2) is 7.12. The number of nitrogens with one attached hydrogen (secondary N) is 1. The number of carbonyl (C=O) groups is 3. The van der Waals surface area contributed by atoms with Crippen LogP contribution in [0, 0.1) is 11.8 Å². The van der Waals surface area contributed by atoms with E-state index >= 15 is 0 Å². The number of nitrogens with zero attached hydrogens (tertiary/aromatic N) is 2. The zero-order valence-electron chi connectivity index (χ0n) is 12.3. The highest BCUT2D eigenvalue weighted by Gasteiger charge is 2.31. The Morgan fingerprint density at radius 3 is 2.00 bits per heavy atom. The van der Waals surface area contributed by atoms with E-state index in [-0.39, 0.29) is 11.9 Å². The van der Waals surface area contributed by atoms with Gasteiger partial charge in [-0.2, -0.15) is 0 Å². The standard InChI is InChI=1S/C13H23N3O4/c1-4-14-13(20)16-7-5-15(6-8-16)11(17)9(2)10(3)12(18)19/h9-10H,4-8H2,1-3H3,(H,14,20)(H,18,19). The zero-order valence-corrected chi connectivity index (χ0v) is 12.3. The molecule has 7 heteroatoms. The van der Waals surface area contributed by atoms with Gasteiger partial charge in [-0.25, -0.2) is 4.79 Å². The molecule has 114 valence electrons. The molecule has 0 bridgehead atoms. The first-order valence-electron chi connectivity index (χ1n) is 6.92. The Labute approximate surface area is 118 Å². The number of carboxylic acid groups (broad SMARTS) is 1. The molecule has 1 rings (SSSR count). The molecule has 0 spiro atoms. The lowest BCUT2D eigenvalue weighted by Gasteiger charge is -2.36. The number of rotatable bonds is 4. The molecule has 1 aliphatic rings. The van der Waals surface area contributed by atoms with Gasteiger partial charge in [-0.1, -0.05) is 13.8 Å². The molecule has 0 radical (unpaired) electrons. The molecule has 7 nitrogen and oxygen atoms in total. The molecule has 1 fully saturated rings. The molecule has 0 aliphatic carbocycles. The summed E-state index contributed by atoms with van der Waals surface area (Å²) >= 11 is 0. The second-order valence-corrected chi connectivity index (χ2v) is 5.06. The van der Waals surface area contributed by atoms with Gasteiger partial charge < -0.3 is 20.2 Å². The van der Waals surface area contributed by atoms with Gasteiger partial charge in [0, 0.05) is 38.6 Å². The van der Waals surface area contributed by atoms with Crippen LogP contribution in [0.2, 0.25) is 0 Å². The zero-order chi connectivity index (χ0) is 15.3. The number of hydrogen-bond acceptors (Lipinski definition) is 3. The summed E-state index contributed by atoms with van der Waals surface area (Å²) in [6.45, 7) is 7.46. The maximum atomic E-state index is 12.2. The Balaban J connectivity index is 2.50. The topological polar surface area (TPSA) is 90.0 Å². The number of aliphatic carboxylic acids is 1. The fourth-order valence-corrected chi connectivity index (χ4v) is 2.11. The molecule has 0 aromatic rings. The predicted octanol–water partition coefficient (Wildman–Crippen LogP) is 0.217. The molecule has 20 heavy (non-hydrogen) atoms. The minimum atomic E-state index is -0.966. The third-order valence-corrected chi connectivity index (χ3v) is 3.74. The number of hydrogen-bond donors (Lipinski definition) is 2. The number of carboxylic acids is 1. The Kier molecular flexibility index (Phi) is 5.79. The Morgan fingerprint density at radius 1 is 1.05 bits per heavy atom. The minimum absolute atomic E-state index is 0.119. The largest absolute Gasteiger partial charge is 0.481 e. The summed E-state index contributed by atoms with van der Waals surface area (Å²) in [5.74, 6) is -2.38. The molecule has 0 aromatic heterocycles. The van der Waals surface area contributed by atoms with Crippen molar-refractivity contribution in [2.75, 3.05) is 32.7 Å². The number of urea groups is 1. The average Bonchev–Trinajstić information content (AvgIpc) is 2.45. The van der Waals surface area contributed by atoms with E-state index < -0.39 is 17.8 Å². The summed E-state index contributed by atoms with van der Waals surface area (Å²) in [4.78, 5) is 38.0. The van der Waals surface area contributed by atoms with Crippen molar-refractivity contribution in [1.82, 2.24) is 15.1 Å². The summed E-state index contributed by atoms with van der Waals surface area (Å²) < 4.78 is 0. The first kappa shape index (κ1) is 16.3. The van der Waals surface area contributed by atoms with Gasteiger partial charge in [0.15, 0.2) is 0 Å². The van der Waals surface area contributed by atoms with Gasteiger partial charge in [-0.3, -0.25) is 9.59 Å². The van der Waals surface area contributed by atoms with Gasteiger partial charge >= 0.3 is 12.0 Å². The normalized spacial score (nSPS) is 18.4. The number of piperazine rings is 1. The predicted molar refractivity (Wildman–Crippen MR) is 73.2 cm³/mol. The van der Waals surface area contributed by atoms with Crippen molar-refractivity contribution in [1.29, 1.82) is 0 Å². The molecule has 2 atom stereocenters. The molecular formula is C13H23N3O4. The maximum absolute atomic E-state index is 12.2. The van der Waals surface area contributed by atoms with E-state index in [1.807, 2.05) is 6.92 Å². The Bertz CT molecular complexity index is 378. The first-order valence-corrected chi connectivity index (χ1v) is 6.92. The Hall–Kier alpha value is -1.79. The lowest BCUT2D eigenvalue weighted by Crippen LogP contribution is -2.54. The summed E-state index contributed by atoms with van der Waals surface area (Å²) in [6, 6.07) is -0.119. The third-order valence-electron chi connectivity index (χ3n) is 3.74. The van der Waals surface area contributed by atoms with Crippen molar-refractivity contribution in [2.24, 2.45) is 11.8 Å². The van der Waals surface area contributed by atoms with Crippen LogP contribution in [0.3, 0.4) is 0 Å². The van der Waals surface area contributed by atoms with Gasteiger partial charge in [-0.15, -0.1) is 0 Å². The van der Waals surface area contributed by atoms with E-state index in [9.17, 15) is 14.4 Å². The molecule has 1 aliphatic heterocycles. The summed E-state index contributed by atoms with van der Waals surface area (Å²) in [7, 11) is 0. The molecule has 3 amide bonds. The lowest BCUT2D eigenvalue weighted by molar-refractivity contribution is -0.149. The number of amides is 3. The van der Waals surface area contributed by atoms with Crippen molar-refractivity contribution in [3.8, 4) is 0 Å². The molecule has 0 saturated carbocycles. The SMILES string of the molecule is CCNC(=O)N1CCN(C(=O)C(C)C(C)C(=O)O)CC1.